The van der Waals surface area contributed by atoms with Crippen LogP contribution in [-0.4, -0.2) is 46.5 Å². The molecule has 0 radical (unpaired) electrons. The second kappa shape index (κ2) is 5.73. The van der Waals surface area contributed by atoms with Crippen LogP contribution in [0.15, 0.2) is 30.3 Å². The van der Waals surface area contributed by atoms with E-state index < -0.39 is 12.0 Å². The predicted molar refractivity (Wildman–Crippen MR) is 70.7 cm³/mol. The Kier molecular flexibility index (Phi) is 4.04. The molecular formula is C14H18N2O3. The van der Waals surface area contributed by atoms with Gasteiger partial charge in [0.25, 0.3) is 0 Å². The van der Waals surface area contributed by atoms with E-state index >= 15 is 0 Å². The summed E-state index contributed by atoms with van der Waals surface area (Å²) in [5.74, 6) is -0.918. The highest BCUT2D eigenvalue weighted by atomic mass is 16.4. The third kappa shape index (κ3) is 3.05. The van der Waals surface area contributed by atoms with Crippen molar-refractivity contribution in [2.75, 3.05) is 13.6 Å². The van der Waals surface area contributed by atoms with Crippen LogP contribution < -0.4 is 0 Å². The Morgan fingerprint density at radius 1 is 1.37 bits per heavy atom. The van der Waals surface area contributed by atoms with Crippen molar-refractivity contribution in [1.82, 2.24) is 9.80 Å². The van der Waals surface area contributed by atoms with Crippen LogP contribution in [0.5, 0.6) is 0 Å². The molecule has 0 saturated carbocycles. The van der Waals surface area contributed by atoms with Gasteiger partial charge in [0.1, 0.15) is 6.04 Å². The molecule has 1 aliphatic heterocycles. The summed E-state index contributed by atoms with van der Waals surface area (Å²) in [7, 11) is 1.70. The molecule has 1 saturated heterocycles. The van der Waals surface area contributed by atoms with Crippen molar-refractivity contribution in [2.24, 2.45) is 0 Å². The van der Waals surface area contributed by atoms with Crippen molar-refractivity contribution in [3.05, 3.63) is 35.9 Å². The maximum atomic E-state index is 12.3. The molecule has 1 aromatic carbocycles. The van der Waals surface area contributed by atoms with Crippen molar-refractivity contribution >= 4 is 12.0 Å². The van der Waals surface area contributed by atoms with E-state index in [1.165, 1.54) is 4.90 Å². The molecule has 0 aromatic heterocycles. The minimum atomic E-state index is -0.918. The van der Waals surface area contributed by atoms with Crippen molar-refractivity contribution in [1.29, 1.82) is 0 Å². The number of carboxylic acids is 1. The minimum Gasteiger partial charge on any atom is -0.480 e. The van der Waals surface area contributed by atoms with E-state index in [4.69, 9.17) is 5.11 Å². The van der Waals surface area contributed by atoms with Crippen LogP contribution in [0.3, 0.4) is 0 Å². The molecule has 5 heteroatoms. The highest BCUT2D eigenvalue weighted by Gasteiger charge is 2.35. The Labute approximate surface area is 112 Å². The van der Waals surface area contributed by atoms with Gasteiger partial charge in [-0.05, 0) is 18.4 Å². The number of benzene rings is 1. The first kappa shape index (κ1) is 13.4. The zero-order valence-corrected chi connectivity index (χ0v) is 11.0. The number of rotatable bonds is 3. The highest BCUT2D eigenvalue weighted by molar-refractivity contribution is 5.83. The minimum absolute atomic E-state index is 0.214. The first-order valence-corrected chi connectivity index (χ1v) is 6.38. The molecule has 1 fully saturated rings. The Balaban J connectivity index is 2.01. The molecule has 1 atom stereocenters. The highest BCUT2D eigenvalue weighted by Crippen LogP contribution is 2.19. The van der Waals surface area contributed by atoms with E-state index in [1.54, 1.807) is 11.9 Å². The molecule has 2 rings (SSSR count). The Morgan fingerprint density at radius 2 is 2.05 bits per heavy atom. The Hall–Kier alpha value is -2.04. The van der Waals surface area contributed by atoms with E-state index in [0.717, 1.165) is 12.0 Å². The molecule has 1 aliphatic rings. The maximum absolute atomic E-state index is 12.3. The summed E-state index contributed by atoms with van der Waals surface area (Å²) < 4.78 is 0. The molecule has 0 spiro atoms. The van der Waals surface area contributed by atoms with Gasteiger partial charge in [0.15, 0.2) is 0 Å². The Morgan fingerprint density at radius 3 is 2.68 bits per heavy atom. The van der Waals surface area contributed by atoms with Crippen LogP contribution in [0.1, 0.15) is 18.4 Å². The van der Waals surface area contributed by atoms with Gasteiger partial charge in [0, 0.05) is 20.1 Å². The summed E-state index contributed by atoms with van der Waals surface area (Å²) in [5, 5.41) is 9.09. The number of hydrogen-bond acceptors (Lipinski definition) is 2. The molecule has 19 heavy (non-hydrogen) atoms. The average Bonchev–Trinajstić information content (AvgIpc) is 2.88. The van der Waals surface area contributed by atoms with Gasteiger partial charge in [-0.1, -0.05) is 30.3 Å². The molecule has 1 aromatic rings. The van der Waals surface area contributed by atoms with Gasteiger partial charge in [0.05, 0.1) is 0 Å². The van der Waals surface area contributed by atoms with Crippen molar-refractivity contribution in [3.8, 4) is 0 Å². The van der Waals surface area contributed by atoms with E-state index in [1.807, 2.05) is 30.3 Å². The third-order valence-electron chi connectivity index (χ3n) is 3.37. The van der Waals surface area contributed by atoms with Gasteiger partial charge < -0.3 is 14.9 Å². The lowest BCUT2D eigenvalue weighted by Crippen LogP contribution is -2.46. The first-order chi connectivity index (χ1) is 9.09. The molecular weight excluding hydrogens is 244 g/mol. The first-order valence-electron chi connectivity index (χ1n) is 6.38. The molecule has 1 heterocycles. The number of carbonyl (C=O) groups is 2. The Bertz CT molecular complexity index is 461. The van der Waals surface area contributed by atoms with Crippen molar-refractivity contribution in [2.45, 2.75) is 25.4 Å². The van der Waals surface area contributed by atoms with Crippen LogP contribution in [0.4, 0.5) is 4.79 Å². The fraction of sp³-hybridized carbons (Fsp3) is 0.429. The van der Waals surface area contributed by atoms with Crippen LogP contribution in [0, 0.1) is 0 Å². The number of aliphatic carboxylic acids is 1. The topological polar surface area (TPSA) is 60.9 Å². The summed E-state index contributed by atoms with van der Waals surface area (Å²) in [6, 6.07) is 8.77. The molecule has 0 aliphatic carbocycles. The fourth-order valence-electron chi connectivity index (χ4n) is 2.40. The van der Waals surface area contributed by atoms with Crippen LogP contribution >= 0.6 is 0 Å². The molecule has 102 valence electrons. The second-order valence-electron chi connectivity index (χ2n) is 4.81. The molecule has 5 nitrogen and oxygen atoms in total. The standard InChI is InChI=1S/C14H18N2O3/c1-15(10-11-6-3-2-4-7-11)14(19)16-9-5-8-12(16)13(17)18/h2-4,6-7,12H,5,8-10H2,1H3,(H,17,18)/t12-/m1/s1. The van der Waals surface area contributed by atoms with Gasteiger partial charge in [-0.3, -0.25) is 0 Å². The van der Waals surface area contributed by atoms with E-state index in [2.05, 4.69) is 0 Å². The van der Waals surface area contributed by atoms with E-state index in [0.29, 0.717) is 19.5 Å². The quantitative estimate of drug-likeness (QED) is 0.903. The number of hydrogen-bond donors (Lipinski definition) is 1. The number of urea groups is 1. The SMILES string of the molecule is CN(Cc1ccccc1)C(=O)N1CCC[C@@H]1C(=O)O. The summed E-state index contributed by atoms with van der Waals surface area (Å²) in [5.41, 5.74) is 1.03. The molecule has 0 bridgehead atoms. The average molecular weight is 262 g/mol. The van der Waals surface area contributed by atoms with Gasteiger partial charge in [-0.25, -0.2) is 9.59 Å². The third-order valence-corrected chi connectivity index (χ3v) is 3.37. The molecule has 2 amide bonds. The number of carbonyl (C=O) groups excluding carboxylic acids is 1. The lowest BCUT2D eigenvalue weighted by molar-refractivity contribution is -0.141. The summed E-state index contributed by atoms with van der Waals surface area (Å²) in [4.78, 5) is 26.4. The smallest absolute Gasteiger partial charge is 0.326 e. The van der Waals surface area contributed by atoms with Crippen LogP contribution in [0.25, 0.3) is 0 Å². The molecule has 1 N–H and O–H groups in total. The largest absolute Gasteiger partial charge is 0.480 e. The zero-order valence-electron chi connectivity index (χ0n) is 11.0. The number of carboxylic acid groups (broad SMARTS) is 1. The summed E-state index contributed by atoms with van der Waals surface area (Å²) in [6.45, 7) is 1.01. The van der Waals surface area contributed by atoms with Gasteiger partial charge in [-0.2, -0.15) is 0 Å². The maximum Gasteiger partial charge on any atom is 0.326 e. The predicted octanol–water partition coefficient (Wildman–Crippen LogP) is 1.79. The van der Waals surface area contributed by atoms with Crippen LogP contribution in [-0.2, 0) is 11.3 Å². The van der Waals surface area contributed by atoms with E-state index in [9.17, 15) is 9.59 Å². The lowest BCUT2D eigenvalue weighted by Gasteiger charge is -2.27. The lowest BCUT2D eigenvalue weighted by atomic mass is 10.2. The normalized spacial score (nSPS) is 18.4. The number of nitrogens with zero attached hydrogens (tertiary/aromatic N) is 2. The van der Waals surface area contributed by atoms with Crippen molar-refractivity contribution in [3.63, 3.8) is 0 Å². The summed E-state index contributed by atoms with van der Waals surface area (Å²) >= 11 is 0. The van der Waals surface area contributed by atoms with Crippen LogP contribution in [0.2, 0.25) is 0 Å². The van der Waals surface area contributed by atoms with E-state index in [-0.39, 0.29) is 6.03 Å². The summed E-state index contributed by atoms with van der Waals surface area (Å²) in [6.07, 6.45) is 1.29. The van der Waals surface area contributed by atoms with Gasteiger partial charge in [0.2, 0.25) is 0 Å². The zero-order chi connectivity index (χ0) is 13.8. The van der Waals surface area contributed by atoms with Gasteiger partial charge >= 0.3 is 12.0 Å². The second-order valence-corrected chi connectivity index (χ2v) is 4.81. The fourth-order valence-corrected chi connectivity index (χ4v) is 2.40. The number of likely N-dealkylation sites (tertiary alicyclic amines) is 1. The molecule has 0 unspecified atom stereocenters. The number of amides is 2. The monoisotopic (exact) mass is 262 g/mol. The van der Waals surface area contributed by atoms with Gasteiger partial charge in [-0.15, -0.1) is 0 Å². The van der Waals surface area contributed by atoms with Crippen molar-refractivity contribution < 1.29 is 14.7 Å².